The maximum Gasteiger partial charge on any atom is 0.229 e. The number of fused-ring (bicyclic) bond motifs is 1. The largest absolute Gasteiger partial charge is 0.480 e. The number of halogens is 1. The summed E-state index contributed by atoms with van der Waals surface area (Å²) in [4.78, 5) is 7.66. The predicted molar refractivity (Wildman–Crippen MR) is 62.3 cm³/mol. The standard InChI is InChI=1S/C11H11BrN2O/c1-15-11-9(12)10-7(5-13-11)4-8(14-10)6-2-3-6/h4-6,14H,2-3H2,1H3. The number of rotatable bonds is 2. The highest BCUT2D eigenvalue weighted by molar-refractivity contribution is 9.10. The van der Waals surface area contributed by atoms with E-state index < -0.39 is 0 Å². The van der Waals surface area contributed by atoms with Gasteiger partial charge in [-0.1, -0.05) is 0 Å². The summed E-state index contributed by atoms with van der Waals surface area (Å²) in [6, 6.07) is 2.18. The fourth-order valence-corrected chi connectivity index (χ4v) is 2.42. The van der Waals surface area contributed by atoms with E-state index in [2.05, 4.69) is 32.0 Å². The minimum Gasteiger partial charge on any atom is -0.480 e. The smallest absolute Gasteiger partial charge is 0.229 e. The summed E-state index contributed by atoms with van der Waals surface area (Å²) in [6.07, 6.45) is 4.45. The van der Waals surface area contributed by atoms with E-state index >= 15 is 0 Å². The van der Waals surface area contributed by atoms with Gasteiger partial charge in [0.25, 0.3) is 0 Å². The van der Waals surface area contributed by atoms with Gasteiger partial charge in [-0.3, -0.25) is 0 Å². The molecule has 0 amide bonds. The summed E-state index contributed by atoms with van der Waals surface area (Å²) in [5, 5.41) is 1.14. The number of hydrogen-bond donors (Lipinski definition) is 1. The van der Waals surface area contributed by atoms with Gasteiger partial charge in [-0.05, 0) is 40.8 Å². The Bertz CT molecular complexity index is 517. The van der Waals surface area contributed by atoms with Crippen LogP contribution in [0.25, 0.3) is 10.9 Å². The summed E-state index contributed by atoms with van der Waals surface area (Å²) in [5.74, 6) is 1.36. The van der Waals surface area contributed by atoms with Gasteiger partial charge in [0.1, 0.15) is 4.47 Å². The Hall–Kier alpha value is -1.03. The first-order valence-corrected chi connectivity index (χ1v) is 5.80. The first-order chi connectivity index (χ1) is 7.29. The monoisotopic (exact) mass is 266 g/mol. The molecule has 3 nitrogen and oxygen atoms in total. The molecule has 0 spiro atoms. The third kappa shape index (κ3) is 1.44. The van der Waals surface area contributed by atoms with Crippen LogP contribution in [0.1, 0.15) is 24.5 Å². The first-order valence-electron chi connectivity index (χ1n) is 5.00. The normalized spacial score (nSPS) is 15.9. The molecule has 3 rings (SSSR count). The number of aromatic nitrogens is 2. The van der Waals surface area contributed by atoms with Gasteiger partial charge in [-0.25, -0.2) is 4.98 Å². The highest BCUT2D eigenvalue weighted by Crippen LogP contribution is 2.42. The molecule has 0 unspecified atom stereocenters. The summed E-state index contributed by atoms with van der Waals surface area (Å²) in [7, 11) is 1.63. The fourth-order valence-electron chi connectivity index (χ4n) is 1.82. The van der Waals surface area contributed by atoms with Crippen molar-refractivity contribution in [3.63, 3.8) is 0 Å². The lowest BCUT2D eigenvalue weighted by atomic mass is 10.3. The average molecular weight is 267 g/mol. The zero-order valence-electron chi connectivity index (χ0n) is 8.38. The van der Waals surface area contributed by atoms with Gasteiger partial charge in [0.15, 0.2) is 0 Å². The van der Waals surface area contributed by atoms with Crippen LogP contribution in [0.4, 0.5) is 0 Å². The molecule has 1 saturated carbocycles. The zero-order chi connectivity index (χ0) is 10.4. The molecule has 1 aliphatic carbocycles. The summed E-state index contributed by atoms with van der Waals surface area (Å²) >= 11 is 3.51. The number of methoxy groups -OCH3 is 1. The average Bonchev–Trinajstić information content (AvgIpc) is 2.99. The Labute approximate surface area is 96.0 Å². The second kappa shape index (κ2) is 3.23. The van der Waals surface area contributed by atoms with Crippen LogP contribution in [0.2, 0.25) is 0 Å². The lowest BCUT2D eigenvalue weighted by Crippen LogP contribution is -1.88. The van der Waals surface area contributed by atoms with Gasteiger partial charge in [0.2, 0.25) is 5.88 Å². The second-order valence-corrected chi connectivity index (χ2v) is 4.70. The zero-order valence-corrected chi connectivity index (χ0v) is 9.97. The van der Waals surface area contributed by atoms with Gasteiger partial charge in [0.05, 0.1) is 12.6 Å². The van der Waals surface area contributed by atoms with Crippen molar-refractivity contribution in [2.75, 3.05) is 7.11 Å². The van der Waals surface area contributed by atoms with Gasteiger partial charge >= 0.3 is 0 Å². The molecule has 2 aromatic rings. The molecule has 15 heavy (non-hydrogen) atoms. The maximum atomic E-state index is 5.16. The second-order valence-electron chi connectivity index (χ2n) is 3.91. The van der Waals surface area contributed by atoms with Crippen LogP contribution in [0, 0.1) is 0 Å². The molecule has 0 radical (unpaired) electrons. The first kappa shape index (κ1) is 9.21. The van der Waals surface area contributed by atoms with Crippen LogP contribution in [0.5, 0.6) is 5.88 Å². The molecule has 1 N–H and O–H groups in total. The maximum absolute atomic E-state index is 5.16. The van der Waals surface area contributed by atoms with E-state index in [9.17, 15) is 0 Å². The highest BCUT2D eigenvalue weighted by Gasteiger charge is 2.25. The fraction of sp³-hybridized carbons (Fsp3) is 0.364. The third-order valence-electron chi connectivity index (χ3n) is 2.81. The van der Waals surface area contributed by atoms with E-state index in [1.165, 1.54) is 18.5 Å². The predicted octanol–water partition coefficient (Wildman–Crippen LogP) is 3.21. The van der Waals surface area contributed by atoms with E-state index in [-0.39, 0.29) is 0 Å². The lowest BCUT2D eigenvalue weighted by Gasteiger charge is -2.01. The van der Waals surface area contributed by atoms with E-state index in [0.29, 0.717) is 5.88 Å². The highest BCUT2D eigenvalue weighted by atomic mass is 79.9. The molecule has 0 atom stereocenters. The van der Waals surface area contributed by atoms with E-state index in [4.69, 9.17) is 4.74 Å². The molecule has 1 fully saturated rings. The van der Waals surface area contributed by atoms with Crippen molar-refractivity contribution in [3.05, 3.63) is 22.4 Å². The number of nitrogens with zero attached hydrogens (tertiary/aromatic N) is 1. The minimum atomic E-state index is 0.631. The quantitative estimate of drug-likeness (QED) is 0.907. The molecule has 0 bridgehead atoms. The summed E-state index contributed by atoms with van der Waals surface area (Å²) in [6.45, 7) is 0. The minimum absolute atomic E-state index is 0.631. The van der Waals surface area contributed by atoms with Crippen LogP contribution >= 0.6 is 15.9 Å². The number of ether oxygens (including phenoxy) is 1. The van der Waals surface area contributed by atoms with Gasteiger partial charge in [0, 0.05) is 17.3 Å². The molecule has 0 saturated heterocycles. The van der Waals surface area contributed by atoms with Gasteiger partial charge in [-0.2, -0.15) is 0 Å². The molecular weight excluding hydrogens is 256 g/mol. The molecule has 4 heteroatoms. The van der Waals surface area contributed by atoms with Crippen molar-refractivity contribution in [2.45, 2.75) is 18.8 Å². The van der Waals surface area contributed by atoms with Gasteiger partial charge in [-0.15, -0.1) is 0 Å². The van der Waals surface area contributed by atoms with Crippen molar-refractivity contribution in [3.8, 4) is 5.88 Å². The van der Waals surface area contributed by atoms with Crippen LogP contribution in [-0.4, -0.2) is 17.1 Å². The molecule has 0 aliphatic heterocycles. The van der Waals surface area contributed by atoms with E-state index in [1.54, 1.807) is 7.11 Å². The summed E-state index contributed by atoms with van der Waals surface area (Å²) < 4.78 is 6.07. The number of aromatic amines is 1. The third-order valence-corrected chi connectivity index (χ3v) is 3.54. The Morgan fingerprint density at radius 1 is 1.53 bits per heavy atom. The van der Waals surface area contributed by atoms with Crippen molar-refractivity contribution in [1.29, 1.82) is 0 Å². The Kier molecular flexibility index (Phi) is 1.99. The Morgan fingerprint density at radius 2 is 2.33 bits per heavy atom. The van der Waals surface area contributed by atoms with Crippen molar-refractivity contribution in [2.24, 2.45) is 0 Å². The Balaban J connectivity index is 2.20. The van der Waals surface area contributed by atoms with Gasteiger partial charge < -0.3 is 9.72 Å². The molecule has 0 aromatic carbocycles. The van der Waals surface area contributed by atoms with E-state index in [1.807, 2.05) is 6.20 Å². The van der Waals surface area contributed by atoms with Crippen LogP contribution in [-0.2, 0) is 0 Å². The SMILES string of the molecule is COc1ncc2cc(C3CC3)[nH]c2c1Br. The number of hydrogen-bond acceptors (Lipinski definition) is 2. The van der Waals surface area contributed by atoms with Crippen molar-refractivity contribution in [1.82, 2.24) is 9.97 Å². The van der Waals surface area contributed by atoms with Crippen molar-refractivity contribution >= 4 is 26.8 Å². The van der Waals surface area contributed by atoms with Crippen molar-refractivity contribution < 1.29 is 4.74 Å². The van der Waals surface area contributed by atoms with Crippen LogP contribution in [0.15, 0.2) is 16.7 Å². The Morgan fingerprint density at radius 3 is 3.00 bits per heavy atom. The number of nitrogens with one attached hydrogen (secondary N) is 1. The lowest BCUT2D eigenvalue weighted by molar-refractivity contribution is 0.396. The van der Waals surface area contributed by atoms with Crippen LogP contribution < -0.4 is 4.74 Å². The molecule has 2 aromatic heterocycles. The number of pyridine rings is 1. The van der Waals surface area contributed by atoms with E-state index in [0.717, 1.165) is 21.3 Å². The molecule has 2 heterocycles. The number of H-pyrrole nitrogens is 1. The topological polar surface area (TPSA) is 37.9 Å². The molecule has 78 valence electrons. The summed E-state index contributed by atoms with van der Waals surface area (Å²) in [5.41, 5.74) is 2.41. The molecule has 1 aliphatic rings. The van der Waals surface area contributed by atoms with Crippen LogP contribution in [0.3, 0.4) is 0 Å². The molecular formula is C11H11BrN2O.